The van der Waals surface area contributed by atoms with Crippen LogP contribution in [0.1, 0.15) is 27.2 Å². The van der Waals surface area contributed by atoms with Crippen LogP contribution in [-0.4, -0.2) is 35.5 Å². The van der Waals surface area contributed by atoms with E-state index in [1.54, 1.807) is 20.8 Å². The second-order valence-corrected chi connectivity index (χ2v) is 3.58. The molecule has 0 aromatic rings. The van der Waals surface area contributed by atoms with Crippen molar-refractivity contribution < 1.29 is 14.3 Å². The van der Waals surface area contributed by atoms with E-state index in [1.807, 2.05) is 0 Å². The summed E-state index contributed by atoms with van der Waals surface area (Å²) in [6.45, 7) is 6.07. The molecular formula is C9H15NO3. The Hall–Kier alpha value is -1.06. The van der Waals surface area contributed by atoms with Crippen LogP contribution in [0.5, 0.6) is 0 Å². The lowest BCUT2D eigenvalue weighted by Crippen LogP contribution is -2.46. The van der Waals surface area contributed by atoms with Crippen molar-refractivity contribution in [2.75, 3.05) is 13.2 Å². The molecule has 13 heavy (non-hydrogen) atoms. The number of hydrogen-bond acceptors (Lipinski definition) is 3. The molecule has 0 atom stereocenters. The molecule has 1 heterocycles. The molecule has 0 spiro atoms. The monoisotopic (exact) mass is 185 g/mol. The van der Waals surface area contributed by atoms with Crippen LogP contribution >= 0.6 is 0 Å². The standard InChI is InChI=1S/C9H15NO3/c1-4-13-8(12)10-6-5-7(11)9(10,2)3/h4-6H2,1-3H3. The van der Waals surface area contributed by atoms with Crippen LogP contribution < -0.4 is 0 Å². The van der Waals surface area contributed by atoms with Crippen LogP contribution in [0.15, 0.2) is 0 Å². The minimum absolute atomic E-state index is 0.0977. The van der Waals surface area contributed by atoms with E-state index in [1.165, 1.54) is 4.90 Å². The molecule has 1 saturated heterocycles. The van der Waals surface area contributed by atoms with Crippen LogP contribution in [0.2, 0.25) is 0 Å². The maximum absolute atomic E-state index is 11.4. The fourth-order valence-corrected chi connectivity index (χ4v) is 1.47. The van der Waals surface area contributed by atoms with Crippen molar-refractivity contribution in [3.63, 3.8) is 0 Å². The molecule has 1 rings (SSSR count). The summed E-state index contributed by atoms with van der Waals surface area (Å²) in [4.78, 5) is 24.2. The topological polar surface area (TPSA) is 46.6 Å². The normalized spacial score (nSPS) is 20.5. The first-order valence-electron chi connectivity index (χ1n) is 4.48. The predicted molar refractivity (Wildman–Crippen MR) is 47.4 cm³/mol. The van der Waals surface area contributed by atoms with Gasteiger partial charge in [0.25, 0.3) is 0 Å². The van der Waals surface area contributed by atoms with E-state index in [0.29, 0.717) is 19.6 Å². The Balaban J connectivity index is 2.72. The van der Waals surface area contributed by atoms with Crippen molar-refractivity contribution in [2.45, 2.75) is 32.7 Å². The average Bonchev–Trinajstić information content (AvgIpc) is 2.28. The Morgan fingerprint density at radius 1 is 1.62 bits per heavy atom. The van der Waals surface area contributed by atoms with Gasteiger partial charge in [0.1, 0.15) is 0 Å². The Bertz CT molecular complexity index is 235. The summed E-state index contributed by atoms with van der Waals surface area (Å²) < 4.78 is 4.84. The molecule has 0 radical (unpaired) electrons. The lowest BCUT2D eigenvalue weighted by Gasteiger charge is -2.28. The van der Waals surface area contributed by atoms with Gasteiger partial charge in [-0.2, -0.15) is 0 Å². The molecule has 4 nitrogen and oxygen atoms in total. The van der Waals surface area contributed by atoms with Gasteiger partial charge in [0, 0.05) is 13.0 Å². The minimum Gasteiger partial charge on any atom is -0.450 e. The van der Waals surface area contributed by atoms with E-state index < -0.39 is 11.6 Å². The molecule has 0 N–H and O–H groups in total. The number of Topliss-reactive ketones (excluding diaryl/α,β-unsaturated/α-hetero) is 1. The van der Waals surface area contributed by atoms with E-state index >= 15 is 0 Å². The van der Waals surface area contributed by atoms with Crippen molar-refractivity contribution in [3.8, 4) is 0 Å². The third kappa shape index (κ3) is 1.66. The first-order valence-corrected chi connectivity index (χ1v) is 4.48. The first-order chi connectivity index (χ1) is 6.00. The largest absolute Gasteiger partial charge is 0.450 e. The van der Waals surface area contributed by atoms with Crippen molar-refractivity contribution in [3.05, 3.63) is 0 Å². The molecule has 1 fully saturated rings. The number of carbonyl (C=O) groups is 2. The van der Waals surface area contributed by atoms with Gasteiger partial charge in [-0.05, 0) is 20.8 Å². The summed E-state index contributed by atoms with van der Waals surface area (Å²) in [5.74, 6) is 0.0977. The number of ether oxygens (including phenoxy) is 1. The number of hydrogen-bond donors (Lipinski definition) is 0. The van der Waals surface area contributed by atoms with Crippen molar-refractivity contribution >= 4 is 11.9 Å². The van der Waals surface area contributed by atoms with E-state index in [0.717, 1.165) is 0 Å². The minimum atomic E-state index is -0.688. The Labute approximate surface area is 77.8 Å². The van der Waals surface area contributed by atoms with Gasteiger partial charge in [-0.3, -0.25) is 9.69 Å². The zero-order valence-corrected chi connectivity index (χ0v) is 8.29. The molecule has 0 aliphatic carbocycles. The molecule has 1 amide bonds. The zero-order chi connectivity index (χ0) is 10.1. The van der Waals surface area contributed by atoms with Gasteiger partial charge >= 0.3 is 6.09 Å². The van der Waals surface area contributed by atoms with E-state index in [-0.39, 0.29) is 5.78 Å². The Morgan fingerprint density at radius 2 is 2.23 bits per heavy atom. The first kappa shape index (κ1) is 10.0. The Kier molecular flexibility index (Phi) is 2.59. The summed E-state index contributed by atoms with van der Waals surface area (Å²) in [7, 11) is 0. The van der Waals surface area contributed by atoms with Crippen LogP contribution in [0.4, 0.5) is 4.79 Å². The van der Waals surface area contributed by atoms with E-state index in [2.05, 4.69) is 0 Å². The third-order valence-corrected chi connectivity index (χ3v) is 2.41. The number of ketones is 1. The number of likely N-dealkylation sites (tertiary alicyclic amines) is 1. The molecular weight excluding hydrogens is 170 g/mol. The maximum atomic E-state index is 11.4. The molecule has 1 aliphatic rings. The summed E-state index contributed by atoms with van der Waals surface area (Å²) >= 11 is 0. The van der Waals surface area contributed by atoms with E-state index in [9.17, 15) is 9.59 Å². The quantitative estimate of drug-likeness (QED) is 0.616. The molecule has 0 bridgehead atoms. The summed E-state index contributed by atoms with van der Waals surface area (Å²) in [6, 6.07) is 0. The van der Waals surface area contributed by atoms with Gasteiger partial charge in [-0.1, -0.05) is 0 Å². The smallest absolute Gasteiger partial charge is 0.410 e. The molecule has 1 aliphatic heterocycles. The van der Waals surface area contributed by atoms with Crippen molar-refractivity contribution in [1.29, 1.82) is 0 Å². The van der Waals surface area contributed by atoms with Gasteiger partial charge in [0.05, 0.1) is 12.1 Å². The highest BCUT2D eigenvalue weighted by Crippen LogP contribution is 2.25. The highest BCUT2D eigenvalue weighted by atomic mass is 16.6. The molecule has 0 aromatic heterocycles. The number of rotatable bonds is 1. The number of carbonyl (C=O) groups excluding carboxylic acids is 2. The van der Waals surface area contributed by atoms with Gasteiger partial charge in [-0.15, -0.1) is 0 Å². The summed E-state index contributed by atoms with van der Waals surface area (Å²) in [5, 5.41) is 0. The van der Waals surface area contributed by atoms with Gasteiger partial charge in [-0.25, -0.2) is 4.79 Å². The molecule has 0 unspecified atom stereocenters. The lowest BCUT2D eigenvalue weighted by molar-refractivity contribution is -0.123. The molecule has 4 heteroatoms. The fraction of sp³-hybridized carbons (Fsp3) is 0.778. The van der Waals surface area contributed by atoms with Crippen LogP contribution in [0.3, 0.4) is 0 Å². The predicted octanol–water partition coefficient (Wildman–Crippen LogP) is 1.20. The highest BCUT2D eigenvalue weighted by molar-refractivity contribution is 5.93. The third-order valence-electron chi connectivity index (χ3n) is 2.41. The Morgan fingerprint density at radius 3 is 2.62 bits per heavy atom. The SMILES string of the molecule is CCOC(=O)N1CCC(=O)C1(C)C. The van der Waals surface area contributed by atoms with Gasteiger partial charge in [0.2, 0.25) is 0 Å². The van der Waals surface area contributed by atoms with Gasteiger partial charge < -0.3 is 4.74 Å². The molecule has 74 valence electrons. The van der Waals surface area contributed by atoms with Crippen LogP contribution in [0, 0.1) is 0 Å². The molecule has 0 saturated carbocycles. The second-order valence-electron chi connectivity index (χ2n) is 3.58. The summed E-state index contributed by atoms with van der Waals surface area (Å²) in [5.41, 5.74) is -0.688. The second kappa shape index (κ2) is 3.36. The van der Waals surface area contributed by atoms with Gasteiger partial charge in [0.15, 0.2) is 5.78 Å². The lowest BCUT2D eigenvalue weighted by atomic mass is 10.0. The fourth-order valence-electron chi connectivity index (χ4n) is 1.47. The maximum Gasteiger partial charge on any atom is 0.410 e. The van der Waals surface area contributed by atoms with E-state index in [4.69, 9.17) is 4.74 Å². The van der Waals surface area contributed by atoms with Crippen LogP contribution in [0.25, 0.3) is 0 Å². The molecule has 0 aromatic carbocycles. The van der Waals surface area contributed by atoms with Crippen LogP contribution in [-0.2, 0) is 9.53 Å². The number of nitrogens with zero attached hydrogens (tertiary/aromatic N) is 1. The summed E-state index contributed by atoms with van der Waals surface area (Å²) in [6.07, 6.45) is 0.0459. The zero-order valence-electron chi connectivity index (χ0n) is 8.29. The van der Waals surface area contributed by atoms with Crippen molar-refractivity contribution in [2.24, 2.45) is 0 Å². The number of amides is 1. The van der Waals surface area contributed by atoms with Crippen molar-refractivity contribution in [1.82, 2.24) is 4.90 Å². The highest BCUT2D eigenvalue weighted by Gasteiger charge is 2.43. The average molecular weight is 185 g/mol.